The minimum Gasteiger partial charge on any atom is -0.349 e. The Balaban J connectivity index is 1.48. The van der Waals surface area contributed by atoms with Gasteiger partial charge in [-0.15, -0.1) is 11.3 Å². The molecular formula is C23H21N5O2S. The SMILES string of the molecule is CCn1ncc2c(C(=O)Nc3cccc(C(=O)NC4CC4)c3)cc(-c3cccs3)nc21. The highest BCUT2D eigenvalue weighted by molar-refractivity contribution is 7.13. The Morgan fingerprint density at radius 2 is 2.03 bits per heavy atom. The maximum atomic E-state index is 13.2. The molecule has 1 fully saturated rings. The first kappa shape index (κ1) is 19.4. The number of rotatable bonds is 6. The second-order valence-electron chi connectivity index (χ2n) is 7.51. The van der Waals surface area contributed by atoms with Crippen LogP contribution in [0.25, 0.3) is 21.6 Å². The second-order valence-corrected chi connectivity index (χ2v) is 8.46. The first-order valence-corrected chi connectivity index (χ1v) is 11.1. The van der Waals surface area contributed by atoms with Gasteiger partial charge in [0.1, 0.15) is 0 Å². The van der Waals surface area contributed by atoms with Crippen molar-refractivity contribution in [3.8, 4) is 10.6 Å². The third kappa shape index (κ3) is 3.94. The van der Waals surface area contributed by atoms with E-state index in [1.165, 1.54) is 0 Å². The van der Waals surface area contributed by atoms with Crippen LogP contribution in [0.3, 0.4) is 0 Å². The Morgan fingerprint density at radius 1 is 1.16 bits per heavy atom. The van der Waals surface area contributed by atoms with E-state index in [4.69, 9.17) is 4.98 Å². The minimum absolute atomic E-state index is 0.117. The summed E-state index contributed by atoms with van der Waals surface area (Å²) in [5.74, 6) is -0.380. The number of thiophene rings is 1. The van der Waals surface area contributed by atoms with E-state index in [1.54, 1.807) is 52.5 Å². The number of hydrogen-bond donors (Lipinski definition) is 2. The molecule has 3 aromatic heterocycles. The summed E-state index contributed by atoms with van der Waals surface area (Å²) < 4.78 is 1.78. The quantitative estimate of drug-likeness (QED) is 0.476. The van der Waals surface area contributed by atoms with E-state index in [0.29, 0.717) is 34.4 Å². The molecule has 0 bridgehead atoms. The Hall–Kier alpha value is -3.52. The van der Waals surface area contributed by atoms with Crippen molar-refractivity contribution in [1.29, 1.82) is 0 Å². The first-order valence-electron chi connectivity index (χ1n) is 10.2. The van der Waals surface area contributed by atoms with E-state index in [2.05, 4.69) is 15.7 Å². The van der Waals surface area contributed by atoms with E-state index in [0.717, 1.165) is 23.4 Å². The highest BCUT2D eigenvalue weighted by atomic mass is 32.1. The Bertz CT molecular complexity index is 1270. The zero-order chi connectivity index (χ0) is 21.4. The lowest BCUT2D eigenvalue weighted by atomic mass is 10.1. The van der Waals surface area contributed by atoms with Crippen LogP contribution in [0.1, 0.15) is 40.5 Å². The molecule has 0 saturated heterocycles. The zero-order valence-corrected chi connectivity index (χ0v) is 17.8. The molecule has 0 radical (unpaired) electrons. The number of aromatic nitrogens is 3. The largest absolute Gasteiger partial charge is 0.349 e. The molecule has 0 aliphatic heterocycles. The molecule has 7 nitrogen and oxygen atoms in total. The Morgan fingerprint density at radius 3 is 2.77 bits per heavy atom. The Labute approximate surface area is 183 Å². The van der Waals surface area contributed by atoms with E-state index in [9.17, 15) is 9.59 Å². The van der Waals surface area contributed by atoms with Gasteiger partial charge in [-0.25, -0.2) is 9.67 Å². The van der Waals surface area contributed by atoms with Gasteiger partial charge in [0.05, 0.1) is 27.7 Å². The summed E-state index contributed by atoms with van der Waals surface area (Å²) in [6.07, 6.45) is 3.73. The maximum absolute atomic E-state index is 13.2. The molecule has 0 unspecified atom stereocenters. The minimum atomic E-state index is -0.263. The van der Waals surface area contributed by atoms with Crippen LogP contribution in [-0.4, -0.2) is 32.6 Å². The number of fused-ring (bicyclic) bond motifs is 1. The summed E-state index contributed by atoms with van der Waals surface area (Å²) in [6, 6.07) is 13.0. The van der Waals surface area contributed by atoms with E-state index in [1.807, 2.05) is 24.4 Å². The fourth-order valence-electron chi connectivity index (χ4n) is 3.45. The zero-order valence-electron chi connectivity index (χ0n) is 17.0. The summed E-state index contributed by atoms with van der Waals surface area (Å²) in [6.45, 7) is 2.65. The number of pyridine rings is 1. The molecule has 31 heavy (non-hydrogen) atoms. The van der Waals surface area contributed by atoms with Gasteiger partial charge in [0, 0.05) is 23.8 Å². The number of nitrogens with one attached hydrogen (secondary N) is 2. The van der Waals surface area contributed by atoms with Gasteiger partial charge >= 0.3 is 0 Å². The lowest BCUT2D eigenvalue weighted by Crippen LogP contribution is -2.25. The van der Waals surface area contributed by atoms with Crippen molar-refractivity contribution in [3.63, 3.8) is 0 Å². The molecule has 4 aromatic rings. The molecule has 2 N–H and O–H groups in total. The molecule has 1 aromatic carbocycles. The van der Waals surface area contributed by atoms with Crippen LogP contribution < -0.4 is 10.6 Å². The number of aryl methyl sites for hydroxylation is 1. The number of carbonyl (C=O) groups is 2. The number of benzene rings is 1. The molecule has 2 amide bonds. The summed E-state index contributed by atoms with van der Waals surface area (Å²) in [5.41, 5.74) is 3.01. The van der Waals surface area contributed by atoms with E-state index >= 15 is 0 Å². The molecule has 1 saturated carbocycles. The second kappa shape index (κ2) is 7.96. The summed E-state index contributed by atoms with van der Waals surface area (Å²) >= 11 is 1.57. The van der Waals surface area contributed by atoms with Crippen molar-refractivity contribution < 1.29 is 9.59 Å². The molecule has 3 heterocycles. The fraction of sp³-hybridized carbons (Fsp3) is 0.217. The average molecular weight is 432 g/mol. The van der Waals surface area contributed by atoms with Crippen LogP contribution in [-0.2, 0) is 6.54 Å². The van der Waals surface area contributed by atoms with E-state index < -0.39 is 0 Å². The van der Waals surface area contributed by atoms with Crippen LogP contribution in [0.2, 0.25) is 0 Å². The molecular weight excluding hydrogens is 410 g/mol. The number of carbonyl (C=O) groups excluding carboxylic acids is 2. The van der Waals surface area contributed by atoms with Crippen molar-refractivity contribution in [1.82, 2.24) is 20.1 Å². The number of nitrogens with zero attached hydrogens (tertiary/aromatic N) is 3. The molecule has 1 aliphatic rings. The molecule has 0 spiro atoms. The van der Waals surface area contributed by atoms with Crippen molar-refractivity contribution in [3.05, 3.63) is 65.2 Å². The van der Waals surface area contributed by atoms with E-state index in [-0.39, 0.29) is 17.9 Å². The van der Waals surface area contributed by atoms with Crippen LogP contribution in [0.15, 0.2) is 54.0 Å². The smallest absolute Gasteiger partial charge is 0.256 e. The number of hydrogen-bond acceptors (Lipinski definition) is 5. The lowest BCUT2D eigenvalue weighted by Gasteiger charge is -2.10. The van der Waals surface area contributed by atoms with Crippen LogP contribution in [0.5, 0.6) is 0 Å². The van der Waals surface area contributed by atoms with Gasteiger partial charge in [-0.2, -0.15) is 5.10 Å². The highest BCUT2D eigenvalue weighted by Crippen LogP contribution is 2.28. The molecule has 1 aliphatic carbocycles. The molecule has 8 heteroatoms. The van der Waals surface area contributed by atoms with Gasteiger partial charge in [0.15, 0.2) is 5.65 Å². The number of anilines is 1. The third-order valence-electron chi connectivity index (χ3n) is 5.22. The molecule has 156 valence electrons. The summed E-state index contributed by atoms with van der Waals surface area (Å²) in [5, 5.41) is 13.0. The average Bonchev–Trinajstić information content (AvgIpc) is 3.26. The van der Waals surface area contributed by atoms with Crippen molar-refractivity contribution in [2.45, 2.75) is 32.4 Å². The van der Waals surface area contributed by atoms with Gasteiger partial charge in [-0.1, -0.05) is 12.1 Å². The van der Waals surface area contributed by atoms with Gasteiger partial charge in [-0.3, -0.25) is 9.59 Å². The van der Waals surface area contributed by atoms with Gasteiger partial charge < -0.3 is 10.6 Å². The van der Waals surface area contributed by atoms with Crippen LogP contribution >= 0.6 is 11.3 Å². The topological polar surface area (TPSA) is 88.9 Å². The predicted octanol–water partition coefficient (Wildman–Crippen LogP) is 4.32. The van der Waals surface area contributed by atoms with Crippen molar-refractivity contribution in [2.24, 2.45) is 0 Å². The monoisotopic (exact) mass is 431 g/mol. The number of amides is 2. The first-order chi connectivity index (χ1) is 15.1. The van der Waals surface area contributed by atoms with Gasteiger partial charge in [0.2, 0.25) is 0 Å². The van der Waals surface area contributed by atoms with Crippen LogP contribution in [0.4, 0.5) is 5.69 Å². The predicted molar refractivity (Wildman–Crippen MR) is 121 cm³/mol. The van der Waals surface area contributed by atoms with Gasteiger partial charge in [0.25, 0.3) is 11.8 Å². The normalized spacial score (nSPS) is 13.3. The summed E-state index contributed by atoms with van der Waals surface area (Å²) in [7, 11) is 0. The summed E-state index contributed by atoms with van der Waals surface area (Å²) in [4.78, 5) is 31.3. The standard InChI is InChI=1S/C23H21N5O2S/c1-2-28-21-18(13-24-28)17(12-19(27-21)20-7-4-10-31-20)23(30)26-16-6-3-5-14(11-16)22(29)25-15-8-9-15/h3-7,10-13,15H,2,8-9H2,1H3,(H,25,29)(H,26,30). The fourth-order valence-corrected chi connectivity index (χ4v) is 4.14. The van der Waals surface area contributed by atoms with Gasteiger partial charge in [-0.05, 0) is 55.5 Å². The lowest BCUT2D eigenvalue weighted by molar-refractivity contribution is 0.0949. The molecule has 0 atom stereocenters. The van der Waals surface area contributed by atoms with Crippen molar-refractivity contribution >= 4 is 39.9 Å². The highest BCUT2D eigenvalue weighted by Gasteiger charge is 2.24. The maximum Gasteiger partial charge on any atom is 0.256 e. The molecule has 5 rings (SSSR count). The Kier molecular flexibility index (Phi) is 4.99. The third-order valence-corrected chi connectivity index (χ3v) is 6.11. The van der Waals surface area contributed by atoms with Crippen molar-refractivity contribution in [2.75, 3.05) is 5.32 Å². The van der Waals surface area contributed by atoms with Crippen LogP contribution in [0, 0.1) is 0 Å².